The summed E-state index contributed by atoms with van der Waals surface area (Å²) >= 11 is 6.19. The van der Waals surface area contributed by atoms with Crippen LogP contribution in [0.3, 0.4) is 0 Å². The van der Waals surface area contributed by atoms with E-state index in [4.69, 9.17) is 0 Å². The predicted molar refractivity (Wildman–Crippen MR) is 107 cm³/mol. The van der Waals surface area contributed by atoms with Crippen LogP contribution in [0, 0.1) is 6.92 Å². The Morgan fingerprint density at radius 3 is 2.74 bits per heavy atom. The number of halogens is 1. The largest absolute Gasteiger partial charge is 0.476 e. The number of fused-ring (bicyclic) bond motifs is 1. The average molecular weight is 470 g/mol. The van der Waals surface area contributed by atoms with Crippen LogP contribution in [0.4, 0.5) is 5.82 Å². The first-order valence-electron chi connectivity index (χ1n) is 8.27. The summed E-state index contributed by atoms with van der Waals surface area (Å²) in [6, 6.07) is 0. The second-order valence-corrected chi connectivity index (χ2v) is 9.39. The number of carboxylic acids is 1. The molecule has 1 aliphatic rings. The van der Waals surface area contributed by atoms with Crippen molar-refractivity contribution in [1.29, 1.82) is 0 Å². The van der Waals surface area contributed by atoms with Crippen molar-refractivity contribution in [2.75, 3.05) is 18.0 Å². The first kappa shape index (κ1) is 18.7. The van der Waals surface area contributed by atoms with Gasteiger partial charge in [0.15, 0.2) is 15.2 Å². The zero-order valence-corrected chi connectivity index (χ0v) is 17.7. The number of β-amino-alcohol motifs (C(OH)–C–C–N with tert-alkyl or cyclic N) is 1. The fraction of sp³-hybridized carbons (Fsp3) is 0.375. The Kier molecular flexibility index (Phi) is 4.87. The van der Waals surface area contributed by atoms with Gasteiger partial charge in [-0.25, -0.2) is 19.7 Å². The molecule has 142 valence electrons. The fourth-order valence-electron chi connectivity index (χ4n) is 2.91. The van der Waals surface area contributed by atoms with Gasteiger partial charge in [-0.1, -0.05) is 6.92 Å². The van der Waals surface area contributed by atoms with E-state index in [0.717, 1.165) is 27.8 Å². The summed E-state index contributed by atoms with van der Waals surface area (Å²) in [6.07, 6.45) is 0.462. The number of hydrogen-bond donors (Lipinski definition) is 3. The minimum absolute atomic E-state index is 0.0607. The molecule has 0 aromatic carbocycles. The Balaban J connectivity index is 1.77. The molecule has 1 fully saturated rings. The summed E-state index contributed by atoms with van der Waals surface area (Å²) in [4.78, 5) is 30.6. The number of aromatic nitrogens is 4. The van der Waals surface area contributed by atoms with Crippen LogP contribution in [0.2, 0.25) is 0 Å². The van der Waals surface area contributed by atoms with E-state index in [-0.39, 0.29) is 11.8 Å². The van der Waals surface area contributed by atoms with Crippen LogP contribution in [0.15, 0.2) is 14.0 Å². The highest BCUT2D eigenvalue weighted by Crippen LogP contribution is 2.39. The van der Waals surface area contributed by atoms with E-state index in [0.29, 0.717) is 33.1 Å². The number of aromatic amines is 1. The molecule has 0 aliphatic carbocycles. The molecule has 3 aromatic rings. The molecule has 0 unspecified atom stereocenters. The van der Waals surface area contributed by atoms with Crippen LogP contribution in [0.1, 0.15) is 28.0 Å². The zero-order valence-electron chi connectivity index (χ0n) is 14.5. The van der Waals surface area contributed by atoms with Crippen molar-refractivity contribution in [3.05, 3.63) is 20.7 Å². The molecule has 3 aromatic heterocycles. The monoisotopic (exact) mass is 469 g/mol. The SMILES string of the molecule is CCc1[nH]c2nc(Sc3nc(C(=O)O)c(C)s3)nc(N3CC(O)C3)c2c1Br. The normalized spacial score (nSPS) is 14.7. The lowest BCUT2D eigenvalue weighted by molar-refractivity contribution is 0.0690. The van der Waals surface area contributed by atoms with Gasteiger partial charge in [-0.3, -0.25) is 0 Å². The van der Waals surface area contributed by atoms with Gasteiger partial charge in [0.1, 0.15) is 11.5 Å². The maximum absolute atomic E-state index is 11.2. The third-order valence-electron chi connectivity index (χ3n) is 4.30. The van der Waals surface area contributed by atoms with Crippen molar-refractivity contribution in [2.45, 2.75) is 35.9 Å². The molecular weight excluding hydrogens is 454 g/mol. The van der Waals surface area contributed by atoms with Gasteiger partial charge in [0.25, 0.3) is 0 Å². The smallest absolute Gasteiger partial charge is 0.355 e. The minimum atomic E-state index is -1.04. The topological polar surface area (TPSA) is 115 Å². The van der Waals surface area contributed by atoms with Gasteiger partial charge in [-0.2, -0.15) is 0 Å². The first-order valence-corrected chi connectivity index (χ1v) is 10.7. The number of nitrogens with zero attached hydrogens (tertiary/aromatic N) is 4. The van der Waals surface area contributed by atoms with Gasteiger partial charge in [0, 0.05) is 23.7 Å². The second kappa shape index (κ2) is 7.04. The molecule has 0 saturated carbocycles. The summed E-state index contributed by atoms with van der Waals surface area (Å²) in [7, 11) is 0. The Hall–Kier alpha value is -1.69. The number of carbonyl (C=O) groups is 1. The summed E-state index contributed by atoms with van der Waals surface area (Å²) < 4.78 is 1.52. The molecule has 0 bridgehead atoms. The number of nitrogens with one attached hydrogen (secondary N) is 1. The second-order valence-electron chi connectivity index (χ2n) is 6.18. The molecule has 8 nitrogen and oxygen atoms in total. The molecule has 4 rings (SSSR count). The Morgan fingerprint density at radius 2 is 2.15 bits per heavy atom. The van der Waals surface area contributed by atoms with Crippen molar-refractivity contribution < 1.29 is 15.0 Å². The van der Waals surface area contributed by atoms with Gasteiger partial charge in [0.2, 0.25) is 0 Å². The van der Waals surface area contributed by atoms with Crippen LogP contribution in [-0.4, -0.2) is 55.3 Å². The van der Waals surface area contributed by atoms with Crippen LogP contribution in [0.25, 0.3) is 11.0 Å². The van der Waals surface area contributed by atoms with E-state index in [2.05, 4.69) is 42.8 Å². The fourth-order valence-corrected chi connectivity index (χ4v) is 5.61. The lowest BCUT2D eigenvalue weighted by atomic mass is 10.1. The molecule has 0 radical (unpaired) electrons. The molecule has 0 spiro atoms. The standard InChI is InChI=1S/C16H16BrN5O3S2/c1-3-8-10(17)9-12(18-8)20-15(21-13(9)22-4-7(23)5-22)27-16-19-11(14(24)25)6(2)26-16/h7,23H,3-5H2,1-2H3,(H,24,25)(H,18,20,21). The molecule has 11 heteroatoms. The van der Waals surface area contributed by atoms with E-state index in [1.807, 2.05) is 4.90 Å². The molecular formula is C16H16BrN5O3S2. The zero-order chi connectivity index (χ0) is 19.3. The Morgan fingerprint density at radius 1 is 1.41 bits per heavy atom. The number of aliphatic hydroxyl groups is 1. The number of aromatic carboxylic acids is 1. The highest BCUT2D eigenvalue weighted by atomic mass is 79.9. The molecule has 0 atom stereocenters. The van der Waals surface area contributed by atoms with Crippen molar-refractivity contribution >= 4 is 61.8 Å². The molecule has 27 heavy (non-hydrogen) atoms. The quantitative estimate of drug-likeness (QED) is 0.488. The number of carboxylic acid groups (broad SMARTS) is 1. The third-order valence-corrected chi connectivity index (χ3v) is 7.07. The van der Waals surface area contributed by atoms with Crippen molar-refractivity contribution in [3.8, 4) is 0 Å². The van der Waals surface area contributed by atoms with Crippen LogP contribution in [-0.2, 0) is 6.42 Å². The Labute approximate surface area is 171 Å². The Bertz CT molecular complexity index is 1040. The molecule has 0 amide bonds. The van der Waals surface area contributed by atoms with E-state index >= 15 is 0 Å². The third kappa shape index (κ3) is 3.33. The number of H-pyrrole nitrogens is 1. The van der Waals surface area contributed by atoms with Crippen LogP contribution >= 0.6 is 39.0 Å². The summed E-state index contributed by atoms with van der Waals surface area (Å²) in [5.41, 5.74) is 1.80. The summed E-state index contributed by atoms with van der Waals surface area (Å²) in [5, 5.41) is 20.3. The van der Waals surface area contributed by atoms with E-state index in [1.54, 1.807) is 6.92 Å². The lowest BCUT2D eigenvalue weighted by Gasteiger charge is -2.37. The van der Waals surface area contributed by atoms with Gasteiger partial charge in [-0.15, -0.1) is 11.3 Å². The number of aryl methyl sites for hydroxylation is 2. The number of rotatable bonds is 5. The predicted octanol–water partition coefficient (Wildman–Crippen LogP) is 3.08. The van der Waals surface area contributed by atoms with Gasteiger partial charge >= 0.3 is 5.97 Å². The molecule has 3 N–H and O–H groups in total. The highest BCUT2D eigenvalue weighted by molar-refractivity contribution is 9.10. The maximum Gasteiger partial charge on any atom is 0.355 e. The lowest BCUT2D eigenvalue weighted by Crippen LogP contribution is -2.51. The van der Waals surface area contributed by atoms with Crippen molar-refractivity contribution in [3.63, 3.8) is 0 Å². The molecule has 1 aliphatic heterocycles. The van der Waals surface area contributed by atoms with Crippen molar-refractivity contribution in [2.24, 2.45) is 0 Å². The van der Waals surface area contributed by atoms with E-state index in [9.17, 15) is 15.0 Å². The van der Waals surface area contributed by atoms with E-state index in [1.165, 1.54) is 23.1 Å². The number of aliphatic hydroxyl groups excluding tert-OH is 1. The minimum Gasteiger partial charge on any atom is -0.476 e. The van der Waals surface area contributed by atoms with Gasteiger partial charge < -0.3 is 20.1 Å². The number of anilines is 1. The van der Waals surface area contributed by atoms with Gasteiger partial charge in [-0.05, 0) is 41.0 Å². The summed E-state index contributed by atoms with van der Waals surface area (Å²) in [6.45, 7) is 4.83. The molecule has 4 heterocycles. The first-order chi connectivity index (χ1) is 12.9. The van der Waals surface area contributed by atoms with Crippen molar-refractivity contribution in [1.82, 2.24) is 19.9 Å². The summed E-state index contributed by atoms with van der Waals surface area (Å²) in [5.74, 6) is -0.287. The van der Waals surface area contributed by atoms with E-state index < -0.39 is 5.97 Å². The van der Waals surface area contributed by atoms with Crippen LogP contribution < -0.4 is 4.90 Å². The molecule has 1 saturated heterocycles. The number of hydrogen-bond acceptors (Lipinski definition) is 8. The highest BCUT2D eigenvalue weighted by Gasteiger charge is 2.30. The number of thiazole rings is 1. The average Bonchev–Trinajstić information content (AvgIpc) is 3.11. The maximum atomic E-state index is 11.2. The van der Waals surface area contributed by atoms with Gasteiger partial charge in [0.05, 0.1) is 16.0 Å². The van der Waals surface area contributed by atoms with Crippen LogP contribution in [0.5, 0.6) is 0 Å².